The van der Waals surface area contributed by atoms with Crippen LogP contribution in [0.25, 0.3) is 0 Å². The van der Waals surface area contributed by atoms with Crippen LogP contribution in [-0.2, 0) is 4.74 Å². The topological polar surface area (TPSA) is 59.6 Å². The lowest BCUT2D eigenvalue weighted by Gasteiger charge is -2.13. The van der Waals surface area contributed by atoms with Gasteiger partial charge in [-0.05, 0) is 62.9 Å². The highest BCUT2D eigenvalue weighted by Gasteiger charge is 2.17. The largest absolute Gasteiger partial charge is 0.491 e. The lowest BCUT2D eigenvalue weighted by Crippen LogP contribution is -2.26. The van der Waals surface area contributed by atoms with Crippen LogP contribution in [0.4, 0.5) is 0 Å². The van der Waals surface area contributed by atoms with Crippen molar-refractivity contribution in [3.63, 3.8) is 0 Å². The number of amides is 1. The van der Waals surface area contributed by atoms with Crippen molar-refractivity contribution in [3.05, 3.63) is 29.8 Å². The van der Waals surface area contributed by atoms with E-state index >= 15 is 0 Å². The van der Waals surface area contributed by atoms with E-state index in [9.17, 15) is 4.79 Å². The Balaban J connectivity index is 1.44. The molecule has 2 heterocycles. The fourth-order valence-corrected chi connectivity index (χ4v) is 3.14. The van der Waals surface area contributed by atoms with Gasteiger partial charge in [-0.1, -0.05) is 6.07 Å². The number of carbonyl (C=O) groups excluding carboxylic acids is 1. The number of benzene rings is 1. The van der Waals surface area contributed by atoms with Crippen molar-refractivity contribution in [2.75, 3.05) is 32.8 Å². The van der Waals surface area contributed by atoms with E-state index in [1.54, 1.807) is 6.07 Å². The van der Waals surface area contributed by atoms with Crippen LogP contribution in [0.2, 0.25) is 0 Å². The van der Waals surface area contributed by atoms with Gasteiger partial charge in [0.15, 0.2) is 0 Å². The molecule has 0 spiro atoms. The minimum absolute atomic E-state index is 0.0291. The van der Waals surface area contributed by atoms with E-state index in [0.717, 1.165) is 51.3 Å². The van der Waals surface area contributed by atoms with Gasteiger partial charge in [-0.3, -0.25) is 4.79 Å². The minimum Gasteiger partial charge on any atom is -0.491 e. The maximum Gasteiger partial charge on any atom is 0.251 e. The molecule has 23 heavy (non-hydrogen) atoms. The number of nitrogens with one attached hydrogen (secondary N) is 2. The molecule has 0 saturated carbocycles. The van der Waals surface area contributed by atoms with E-state index in [1.807, 2.05) is 18.2 Å². The van der Waals surface area contributed by atoms with Crippen LogP contribution in [0, 0.1) is 5.92 Å². The highest BCUT2D eigenvalue weighted by Crippen LogP contribution is 2.17. The number of carbonyl (C=O) groups is 1. The second kappa shape index (κ2) is 8.31. The first-order valence-corrected chi connectivity index (χ1v) is 8.64. The third-order valence-electron chi connectivity index (χ3n) is 4.56. The number of rotatable bonds is 7. The van der Waals surface area contributed by atoms with Crippen molar-refractivity contribution in [2.45, 2.75) is 31.8 Å². The number of ether oxygens (including phenoxy) is 2. The summed E-state index contributed by atoms with van der Waals surface area (Å²) in [4.78, 5) is 12.2. The molecule has 0 aliphatic carbocycles. The normalized spacial score (nSPS) is 23.8. The van der Waals surface area contributed by atoms with Gasteiger partial charge in [0.2, 0.25) is 0 Å². The van der Waals surface area contributed by atoms with Crippen molar-refractivity contribution in [1.29, 1.82) is 0 Å². The van der Waals surface area contributed by atoms with Gasteiger partial charge >= 0.3 is 0 Å². The summed E-state index contributed by atoms with van der Waals surface area (Å²) in [7, 11) is 0. The van der Waals surface area contributed by atoms with Gasteiger partial charge in [0.1, 0.15) is 12.4 Å². The molecule has 2 saturated heterocycles. The van der Waals surface area contributed by atoms with Crippen molar-refractivity contribution >= 4 is 5.91 Å². The summed E-state index contributed by atoms with van der Waals surface area (Å²) >= 11 is 0. The van der Waals surface area contributed by atoms with Gasteiger partial charge in [-0.25, -0.2) is 0 Å². The molecule has 1 aromatic rings. The Kier molecular flexibility index (Phi) is 5.88. The monoisotopic (exact) mass is 318 g/mol. The molecule has 1 amide bonds. The lowest BCUT2D eigenvalue weighted by atomic mass is 10.1. The fraction of sp³-hybridized carbons (Fsp3) is 0.611. The van der Waals surface area contributed by atoms with Crippen molar-refractivity contribution in [3.8, 4) is 5.75 Å². The molecule has 2 fully saturated rings. The van der Waals surface area contributed by atoms with Gasteiger partial charge < -0.3 is 20.1 Å². The molecule has 5 nitrogen and oxygen atoms in total. The molecule has 0 bridgehead atoms. The molecule has 2 N–H and O–H groups in total. The average Bonchev–Trinajstić information content (AvgIpc) is 3.27. The standard InChI is InChI=1S/C18H26N2O3/c21-18(20-9-7-14-6-8-19-12-14)15-3-1-4-16(11-15)23-13-17-5-2-10-22-17/h1,3-4,11,14,17,19H,2,5-10,12-13H2,(H,20,21). The van der Waals surface area contributed by atoms with Crippen LogP contribution in [0.1, 0.15) is 36.0 Å². The Bertz CT molecular complexity index is 509. The van der Waals surface area contributed by atoms with Crippen LogP contribution < -0.4 is 15.4 Å². The highest BCUT2D eigenvalue weighted by molar-refractivity contribution is 5.94. The lowest BCUT2D eigenvalue weighted by molar-refractivity contribution is 0.0679. The summed E-state index contributed by atoms with van der Waals surface area (Å²) in [5, 5.41) is 6.35. The van der Waals surface area contributed by atoms with Crippen LogP contribution >= 0.6 is 0 Å². The summed E-state index contributed by atoms with van der Waals surface area (Å²) in [6, 6.07) is 7.38. The molecule has 0 radical (unpaired) electrons. The first kappa shape index (κ1) is 16.3. The average molecular weight is 318 g/mol. The summed E-state index contributed by atoms with van der Waals surface area (Å²) < 4.78 is 11.3. The SMILES string of the molecule is O=C(NCCC1CCNC1)c1cccc(OCC2CCCO2)c1. The summed E-state index contributed by atoms with van der Waals surface area (Å²) in [6.45, 7) is 4.28. The molecule has 2 aliphatic heterocycles. The van der Waals surface area contributed by atoms with E-state index in [2.05, 4.69) is 10.6 Å². The first-order chi connectivity index (χ1) is 11.3. The summed E-state index contributed by atoms with van der Waals surface area (Å²) in [5.74, 6) is 1.39. The molecule has 3 rings (SSSR count). The van der Waals surface area contributed by atoms with Gasteiger partial charge in [0.05, 0.1) is 6.10 Å². The van der Waals surface area contributed by atoms with Gasteiger partial charge in [-0.15, -0.1) is 0 Å². The third kappa shape index (κ3) is 4.94. The first-order valence-electron chi connectivity index (χ1n) is 8.64. The number of hydrogen-bond acceptors (Lipinski definition) is 4. The van der Waals surface area contributed by atoms with E-state index in [-0.39, 0.29) is 12.0 Å². The van der Waals surface area contributed by atoms with Gasteiger partial charge in [-0.2, -0.15) is 0 Å². The van der Waals surface area contributed by atoms with Crippen LogP contribution in [-0.4, -0.2) is 44.9 Å². The summed E-state index contributed by atoms with van der Waals surface area (Å²) in [5.41, 5.74) is 0.652. The molecule has 5 heteroatoms. The molecular weight excluding hydrogens is 292 g/mol. The molecular formula is C18H26N2O3. The van der Waals surface area contributed by atoms with Gasteiger partial charge in [0.25, 0.3) is 5.91 Å². The highest BCUT2D eigenvalue weighted by atomic mass is 16.5. The van der Waals surface area contributed by atoms with Crippen LogP contribution in [0.15, 0.2) is 24.3 Å². The predicted molar refractivity (Wildman–Crippen MR) is 88.8 cm³/mol. The zero-order valence-electron chi connectivity index (χ0n) is 13.6. The minimum atomic E-state index is -0.0291. The second-order valence-corrected chi connectivity index (χ2v) is 6.38. The Labute approximate surface area is 137 Å². The molecule has 126 valence electrons. The Morgan fingerprint density at radius 2 is 2.35 bits per heavy atom. The smallest absolute Gasteiger partial charge is 0.251 e. The summed E-state index contributed by atoms with van der Waals surface area (Å²) in [6.07, 6.45) is 4.59. The van der Waals surface area contributed by atoms with E-state index in [4.69, 9.17) is 9.47 Å². The Morgan fingerprint density at radius 1 is 1.39 bits per heavy atom. The van der Waals surface area contributed by atoms with Crippen molar-refractivity contribution in [2.24, 2.45) is 5.92 Å². The third-order valence-corrected chi connectivity index (χ3v) is 4.56. The fourth-order valence-electron chi connectivity index (χ4n) is 3.14. The van der Waals surface area contributed by atoms with Gasteiger partial charge in [0, 0.05) is 18.7 Å². The molecule has 1 aromatic carbocycles. The molecule has 2 unspecified atom stereocenters. The van der Waals surface area contributed by atoms with E-state index in [1.165, 1.54) is 6.42 Å². The second-order valence-electron chi connectivity index (χ2n) is 6.38. The molecule has 2 atom stereocenters. The van der Waals surface area contributed by atoms with Crippen LogP contribution in [0.5, 0.6) is 5.75 Å². The Morgan fingerprint density at radius 3 is 3.13 bits per heavy atom. The maximum atomic E-state index is 12.2. The number of hydrogen-bond donors (Lipinski definition) is 2. The predicted octanol–water partition coefficient (Wildman–Crippen LogP) is 1.97. The van der Waals surface area contributed by atoms with Crippen molar-refractivity contribution in [1.82, 2.24) is 10.6 Å². The van der Waals surface area contributed by atoms with Crippen molar-refractivity contribution < 1.29 is 14.3 Å². The van der Waals surface area contributed by atoms with E-state index in [0.29, 0.717) is 18.1 Å². The zero-order valence-corrected chi connectivity index (χ0v) is 13.6. The molecule has 0 aromatic heterocycles. The molecule has 2 aliphatic rings. The Hall–Kier alpha value is -1.59. The quantitative estimate of drug-likeness (QED) is 0.807. The maximum absolute atomic E-state index is 12.2. The van der Waals surface area contributed by atoms with E-state index < -0.39 is 0 Å². The van der Waals surface area contributed by atoms with Crippen LogP contribution in [0.3, 0.4) is 0 Å². The zero-order chi connectivity index (χ0) is 15.9.